The molecule has 0 N–H and O–H groups in total. The first kappa shape index (κ1) is 13.9. The number of benzene rings is 1. The molecule has 0 fully saturated rings. The Balaban J connectivity index is 2.26. The van der Waals surface area contributed by atoms with Crippen LogP contribution in [-0.2, 0) is 6.42 Å². The highest BCUT2D eigenvalue weighted by atomic mass is 79.9. The molecule has 0 aliphatic rings. The van der Waals surface area contributed by atoms with E-state index in [4.69, 9.17) is 0 Å². The average molecular weight is 322 g/mol. The summed E-state index contributed by atoms with van der Waals surface area (Å²) in [6.07, 6.45) is 1.77. The van der Waals surface area contributed by atoms with Crippen molar-refractivity contribution in [2.45, 2.75) is 33.2 Å². The van der Waals surface area contributed by atoms with Gasteiger partial charge in [0.05, 0.1) is 6.42 Å². The molecule has 0 spiro atoms. The fraction of sp³-hybridized carbons (Fsp3) is 0.357. The highest BCUT2D eigenvalue weighted by molar-refractivity contribution is 9.10. The molecule has 4 nitrogen and oxygen atoms in total. The van der Waals surface area contributed by atoms with Crippen LogP contribution in [0.5, 0.6) is 0 Å². The van der Waals surface area contributed by atoms with Crippen LogP contribution in [0.3, 0.4) is 0 Å². The van der Waals surface area contributed by atoms with Gasteiger partial charge in [-0.3, -0.25) is 4.79 Å². The fourth-order valence-corrected chi connectivity index (χ4v) is 2.35. The van der Waals surface area contributed by atoms with Crippen LogP contribution >= 0.6 is 15.9 Å². The van der Waals surface area contributed by atoms with E-state index in [0.29, 0.717) is 5.82 Å². The third kappa shape index (κ3) is 2.92. The minimum atomic E-state index is 0.0636. The monoisotopic (exact) mass is 321 g/mol. The van der Waals surface area contributed by atoms with Crippen LogP contribution in [0.4, 0.5) is 0 Å². The largest absolute Gasteiger partial charge is 0.294 e. The Labute approximate surface area is 121 Å². The van der Waals surface area contributed by atoms with E-state index in [1.807, 2.05) is 39.0 Å². The molecule has 1 aromatic heterocycles. The first-order valence-corrected chi connectivity index (χ1v) is 6.96. The molecule has 0 amide bonds. The Kier molecular flexibility index (Phi) is 4.14. The second-order valence-electron chi connectivity index (χ2n) is 4.73. The molecular weight excluding hydrogens is 306 g/mol. The van der Waals surface area contributed by atoms with Gasteiger partial charge in [0.1, 0.15) is 12.2 Å². The van der Waals surface area contributed by atoms with Crippen molar-refractivity contribution < 1.29 is 4.79 Å². The lowest BCUT2D eigenvalue weighted by Gasteiger charge is -2.10. The van der Waals surface area contributed by atoms with Gasteiger partial charge in [0.25, 0.3) is 0 Å². The Morgan fingerprint density at radius 1 is 1.42 bits per heavy atom. The Morgan fingerprint density at radius 3 is 2.84 bits per heavy atom. The van der Waals surface area contributed by atoms with Gasteiger partial charge in [0.2, 0.25) is 0 Å². The molecule has 1 heterocycles. The molecule has 1 aromatic carbocycles. The minimum absolute atomic E-state index is 0.0636. The number of Topliss-reactive ketones (excluding diaryl/α,β-unsaturated/α-hetero) is 1. The SMILES string of the molecule is Cc1c(Br)cccc1C(=O)Cc1ncnn1C(C)C. The fourth-order valence-electron chi connectivity index (χ4n) is 1.98. The van der Waals surface area contributed by atoms with Crippen LogP contribution < -0.4 is 0 Å². The summed E-state index contributed by atoms with van der Waals surface area (Å²) in [6, 6.07) is 5.85. The summed E-state index contributed by atoms with van der Waals surface area (Å²) in [4.78, 5) is 16.5. The molecule has 0 aliphatic carbocycles. The smallest absolute Gasteiger partial charge is 0.170 e. The molecular formula is C14H16BrN3O. The van der Waals surface area contributed by atoms with Crippen molar-refractivity contribution in [3.63, 3.8) is 0 Å². The molecule has 5 heteroatoms. The molecule has 0 saturated carbocycles. The summed E-state index contributed by atoms with van der Waals surface area (Å²) in [5.74, 6) is 0.771. The molecule has 0 aliphatic heterocycles. The van der Waals surface area contributed by atoms with Gasteiger partial charge in [-0.1, -0.05) is 28.1 Å². The molecule has 0 atom stereocenters. The lowest BCUT2D eigenvalue weighted by molar-refractivity contribution is 0.0988. The number of halogens is 1. The molecule has 0 bridgehead atoms. The van der Waals surface area contributed by atoms with Crippen LogP contribution in [0.25, 0.3) is 0 Å². The standard InChI is InChI=1S/C14H16BrN3O/c1-9(2)18-14(16-8-17-18)7-13(19)11-5-4-6-12(15)10(11)3/h4-6,8-9H,7H2,1-3H3. The molecule has 0 saturated heterocycles. The van der Waals surface area contributed by atoms with Crippen LogP contribution in [0.1, 0.15) is 41.6 Å². The van der Waals surface area contributed by atoms with Crippen LogP contribution in [0.2, 0.25) is 0 Å². The zero-order valence-corrected chi connectivity index (χ0v) is 12.8. The Bertz CT molecular complexity index is 604. The van der Waals surface area contributed by atoms with Gasteiger partial charge in [0, 0.05) is 16.1 Å². The van der Waals surface area contributed by atoms with Crippen molar-refractivity contribution in [1.29, 1.82) is 0 Å². The van der Waals surface area contributed by atoms with E-state index in [2.05, 4.69) is 26.0 Å². The maximum absolute atomic E-state index is 12.4. The summed E-state index contributed by atoms with van der Waals surface area (Å²) in [7, 11) is 0. The molecule has 0 unspecified atom stereocenters. The topological polar surface area (TPSA) is 47.8 Å². The molecule has 19 heavy (non-hydrogen) atoms. The number of ketones is 1. The predicted molar refractivity (Wildman–Crippen MR) is 77.3 cm³/mol. The number of carbonyl (C=O) groups is 1. The quantitative estimate of drug-likeness (QED) is 0.811. The number of nitrogens with zero attached hydrogens (tertiary/aromatic N) is 3. The van der Waals surface area contributed by atoms with E-state index in [1.165, 1.54) is 6.33 Å². The summed E-state index contributed by atoms with van der Waals surface area (Å²) in [5, 5.41) is 4.15. The van der Waals surface area contributed by atoms with Gasteiger partial charge in [-0.25, -0.2) is 9.67 Å². The zero-order valence-electron chi connectivity index (χ0n) is 11.2. The lowest BCUT2D eigenvalue weighted by Crippen LogP contribution is -2.14. The van der Waals surface area contributed by atoms with Crippen molar-refractivity contribution in [3.8, 4) is 0 Å². The molecule has 2 aromatic rings. The van der Waals surface area contributed by atoms with Crippen LogP contribution in [0, 0.1) is 6.92 Å². The van der Waals surface area contributed by atoms with Crippen molar-refractivity contribution in [3.05, 3.63) is 46.0 Å². The third-order valence-electron chi connectivity index (χ3n) is 3.02. The Hall–Kier alpha value is -1.49. The van der Waals surface area contributed by atoms with E-state index in [1.54, 1.807) is 4.68 Å². The van der Waals surface area contributed by atoms with Gasteiger partial charge < -0.3 is 0 Å². The first-order chi connectivity index (χ1) is 9.00. The minimum Gasteiger partial charge on any atom is -0.294 e. The summed E-state index contributed by atoms with van der Waals surface area (Å²) in [5.41, 5.74) is 1.69. The average Bonchev–Trinajstić information content (AvgIpc) is 2.80. The van der Waals surface area contributed by atoms with Crippen molar-refractivity contribution in [2.75, 3.05) is 0 Å². The third-order valence-corrected chi connectivity index (χ3v) is 3.88. The predicted octanol–water partition coefficient (Wildman–Crippen LogP) is 3.36. The Morgan fingerprint density at radius 2 is 2.16 bits per heavy atom. The van der Waals surface area contributed by atoms with E-state index >= 15 is 0 Å². The molecule has 100 valence electrons. The van der Waals surface area contributed by atoms with Crippen LogP contribution in [-0.4, -0.2) is 20.5 Å². The van der Waals surface area contributed by atoms with Crippen molar-refractivity contribution >= 4 is 21.7 Å². The maximum Gasteiger partial charge on any atom is 0.170 e. The van der Waals surface area contributed by atoms with Crippen LogP contribution in [0.15, 0.2) is 29.0 Å². The van der Waals surface area contributed by atoms with Gasteiger partial charge in [-0.15, -0.1) is 0 Å². The normalized spacial score (nSPS) is 11.0. The van der Waals surface area contributed by atoms with E-state index in [-0.39, 0.29) is 18.2 Å². The van der Waals surface area contributed by atoms with Crippen molar-refractivity contribution in [1.82, 2.24) is 14.8 Å². The van der Waals surface area contributed by atoms with E-state index < -0.39 is 0 Å². The zero-order chi connectivity index (χ0) is 14.0. The number of hydrogen-bond donors (Lipinski definition) is 0. The lowest BCUT2D eigenvalue weighted by atomic mass is 10.0. The number of aromatic nitrogens is 3. The maximum atomic E-state index is 12.4. The second kappa shape index (κ2) is 5.65. The second-order valence-corrected chi connectivity index (χ2v) is 5.58. The highest BCUT2D eigenvalue weighted by Crippen LogP contribution is 2.21. The number of carbonyl (C=O) groups excluding carboxylic acids is 1. The van der Waals surface area contributed by atoms with E-state index in [0.717, 1.165) is 15.6 Å². The summed E-state index contributed by atoms with van der Waals surface area (Å²) < 4.78 is 2.73. The van der Waals surface area contributed by atoms with Gasteiger partial charge in [-0.2, -0.15) is 5.10 Å². The number of rotatable bonds is 4. The van der Waals surface area contributed by atoms with Gasteiger partial charge in [0.15, 0.2) is 5.78 Å². The molecule has 2 rings (SSSR count). The first-order valence-electron chi connectivity index (χ1n) is 6.17. The summed E-state index contributed by atoms with van der Waals surface area (Å²) >= 11 is 3.44. The van der Waals surface area contributed by atoms with Gasteiger partial charge >= 0.3 is 0 Å². The van der Waals surface area contributed by atoms with Gasteiger partial charge in [-0.05, 0) is 32.4 Å². The molecule has 0 radical (unpaired) electrons. The van der Waals surface area contributed by atoms with Crippen molar-refractivity contribution in [2.24, 2.45) is 0 Å². The highest BCUT2D eigenvalue weighted by Gasteiger charge is 2.16. The summed E-state index contributed by atoms with van der Waals surface area (Å²) in [6.45, 7) is 5.98. The number of hydrogen-bond acceptors (Lipinski definition) is 3. The van der Waals surface area contributed by atoms with E-state index in [9.17, 15) is 4.79 Å².